The minimum absolute atomic E-state index is 0.00836. The van der Waals surface area contributed by atoms with Crippen molar-refractivity contribution in [3.8, 4) is 5.75 Å². The van der Waals surface area contributed by atoms with Crippen molar-refractivity contribution in [2.75, 3.05) is 7.11 Å². The predicted octanol–water partition coefficient (Wildman–Crippen LogP) is 1.69. The van der Waals surface area contributed by atoms with Crippen molar-refractivity contribution < 1.29 is 28.6 Å². The molecule has 0 spiro atoms. The van der Waals surface area contributed by atoms with Crippen molar-refractivity contribution in [1.29, 1.82) is 0 Å². The Morgan fingerprint density at radius 1 is 1.00 bits per heavy atom. The van der Waals surface area contributed by atoms with Gasteiger partial charge in [0.2, 0.25) is 11.8 Å². The van der Waals surface area contributed by atoms with E-state index in [9.17, 15) is 23.9 Å². The van der Waals surface area contributed by atoms with Crippen LogP contribution in [0.4, 0.5) is 4.39 Å². The minimum Gasteiger partial charge on any atom is -0.496 e. The predicted molar refractivity (Wildman–Crippen MR) is 104 cm³/mol. The Hall–Kier alpha value is -3.42. The molecule has 8 heteroatoms. The van der Waals surface area contributed by atoms with Crippen LogP contribution in [0, 0.1) is 5.82 Å². The average Bonchev–Trinajstić information content (AvgIpc) is 2.68. The molecule has 0 saturated heterocycles. The molecule has 0 bridgehead atoms. The summed E-state index contributed by atoms with van der Waals surface area (Å²) in [5.74, 6) is -2.21. The summed E-state index contributed by atoms with van der Waals surface area (Å²) in [4.78, 5) is 35.9. The Kier molecular flexibility index (Phi) is 7.70. The first kappa shape index (κ1) is 21.9. The summed E-state index contributed by atoms with van der Waals surface area (Å²) >= 11 is 0. The molecule has 29 heavy (non-hydrogen) atoms. The van der Waals surface area contributed by atoms with E-state index in [0.29, 0.717) is 16.9 Å². The molecule has 0 heterocycles. The van der Waals surface area contributed by atoms with Crippen LogP contribution in [0.15, 0.2) is 48.5 Å². The van der Waals surface area contributed by atoms with Crippen molar-refractivity contribution in [2.24, 2.45) is 0 Å². The summed E-state index contributed by atoms with van der Waals surface area (Å²) in [6, 6.07) is 10.2. The second kappa shape index (κ2) is 10.2. The van der Waals surface area contributed by atoms with E-state index in [0.717, 1.165) is 0 Å². The van der Waals surface area contributed by atoms with Gasteiger partial charge in [-0.05, 0) is 29.3 Å². The zero-order valence-corrected chi connectivity index (χ0v) is 16.1. The number of carbonyl (C=O) groups excluding carboxylic acids is 2. The van der Waals surface area contributed by atoms with Gasteiger partial charge in [-0.25, -0.2) is 9.18 Å². The van der Waals surface area contributed by atoms with Gasteiger partial charge in [-0.15, -0.1) is 0 Å². The van der Waals surface area contributed by atoms with E-state index >= 15 is 0 Å². The molecule has 0 aromatic heterocycles. The standard InChI is InChI=1S/C21H23FN2O5/c1-13(25)23-17(11-14-7-9-16(22)10-8-14)20(26)24-18(21(27)28)12-15-5-3-4-6-19(15)29-2/h3-10,17-18H,11-12H2,1-2H3,(H,23,25)(H,24,26)(H,27,28)/t17-,18+/m1/s1. The van der Waals surface area contributed by atoms with Crippen LogP contribution in [0.25, 0.3) is 0 Å². The summed E-state index contributed by atoms with van der Waals surface area (Å²) < 4.78 is 18.3. The highest BCUT2D eigenvalue weighted by molar-refractivity contribution is 5.90. The third-order valence-corrected chi connectivity index (χ3v) is 4.28. The van der Waals surface area contributed by atoms with Crippen molar-refractivity contribution >= 4 is 17.8 Å². The highest BCUT2D eigenvalue weighted by Crippen LogP contribution is 2.19. The Morgan fingerprint density at radius 3 is 2.24 bits per heavy atom. The van der Waals surface area contributed by atoms with Crippen molar-refractivity contribution in [2.45, 2.75) is 31.8 Å². The van der Waals surface area contributed by atoms with Crippen LogP contribution in [-0.4, -0.2) is 42.1 Å². The topological polar surface area (TPSA) is 105 Å². The fraction of sp³-hybridized carbons (Fsp3) is 0.286. The van der Waals surface area contributed by atoms with E-state index in [1.807, 2.05) is 0 Å². The number of carbonyl (C=O) groups is 3. The molecule has 0 saturated carbocycles. The Bertz CT molecular complexity index is 870. The molecule has 2 atom stereocenters. The van der Waals surface area contributed by atoms with E-state index in [2.05, 4.69) is 10.6 Å². The third kappa shape index (κ3) is 6.60. The quantitative estimate of drug-likeness (QED) is 0.592. The fourth-order valence-electron chi connectivity index (χ4n) is 2.87. The number of para-hydroxylation sites is 1. The molecule has 0 aliphatic rings. The average molecular weight is 402 g/mol. The number of benzene rings is 2. The molecule has 2 amide bonds. The molecule has 0 fully saturated rings. The van der Waals surface area contributed by atoms with E-state index in [1.165, 1.54) is 38.3 Å². The van der Waals surface area contributed by atoms with Crippen LogP contribution in [0.2, 0.25) is 0 Å². The summed E-state index contributed by atoms with van der Waals surface area (Å²) in [7, 11) is 1.47. The van der Waals surface area contributed by atoms with Gasteiger partial charge >= 0.3 is 5.97 Å². The maximum absolute atomic E-state index is 13.1. The third-order valence-electron chi connectivity index (χ3n) is 4.28. The second-order valence-electron chi connectivity index (χ2n) is 6.50. The van der Waals surface area contributed by atoms with Gasteiger partial charge in [-0.3, -0.25) is 9.59 Å². The molecule has 2 aromatic carbocycles. The zero-order valence-electron chi connectivity index (χ0n) is 16.1. The molecule has 3 N–H and O–H groups in total. The number of methoxy groups -OCH3 is 1. The molecule has 2 aromatic rings. The number of aliphatic carboxylic acids is 1. The van der Waals surface area contributed by atoms with Gasteiger partial charge in [0.05, 0.1) is 7.11 Å². The van der Waals surface area contributed by atoms with Gasteiger partial charge in [-0.2, -0.15) is 0 Å². The highest BCUT2D eigenvalue weighted by Gasteiger charge is 2.27. The first-order chi connectivity index (χ1) is 13.8. The van der Waals surface area contributed by atoms with Crippen LogP contribution in [-0.2, 0) is 27.2 Å². The molecule has 0 aliphatic heterocycles. The van der Waals surface area contributed by atoms with Gasteiger partial charge in [0.15, 0.2) is 0 Å². The lowest BCUT2D eigenvalue weighted by Crippen LogP contribution is -2.52. The fourth-order valence-corrected chi connectivity index (χ4v) is 2.87. The number of halogens is 1. The number of carboxylic acids is 1. The van der Waals surface area contributed by atoms with Crippen molar-refractivity contribution in [3.63, 3.8) is 0 Å². The zero-order chi connectivity index (χ0) is 21.4. The molecule has 0 radical (unpaired) electrons. The number of carboxylic acid groups (broad SMARTS) is 1. The Morgan fingerprint density at radius 2 is 1.66 bits per heavy atom. The van der Waals surface area contributed by atoms with Gasteiger partial charge in [-0.1, -0.05) is 30.3 Å². The summed E-state index contributed by atoms with van der Waals surface area (Å²) in [6.07, 6.45) is 0.0983. The SMILES string of the molecule is COc1ccccc1C[C@H](NC(=O)[C@@H](Cc1ccc(F)cc1)NC(C)=O)C(=O)O. The molecule has 2 rings (SSSR count). The van der Waals surface area contributed by atoms with Gasteiger partial charge in [0.25, 0.3) is 0 Å². The first-order valence-corrected chi connectivity index (χ1v) is 8.96. The number of rotatable bonds is 9. The highest BCUT2D eigenvalue weighted by atomic mass is 19.1. The molecular formula is C21H23FN2O5. The van der Waals surface area contributed by atoms with Crippen molar-refractivity contribution in [3.05, 3.63) is 65.5 Å². The molecule has 7 nitrogen and oxygen atoms in total. The first-order valence-electron chi connectivity index (χ1n) is 8.96. The maximum Gasteiger partial charge on any atom is 0.326 e. The van der Waals surface area contributed by atoms with Crippen molar-refractivity contribution in [1.82, 2.24) is 10.6 Å². The van der Waals surface area contributed by atoms with Crippen LogP contribution < -0.4 is 15.4 Å². The van der Waals surface area contributed by atoms with Crippen LogP contribution >= 0.6 is 0 Å². The lowest BCUT2D eigenvalue weighted by molar-refractivity contribution is -0.142. The summed E-state index contributed by atoms with van der Waals surface area (Å²) in [6.45, 7) is 1.26. The number of amides is 2. The number of hydrogen-bond acceptors (Lipinski definition) is 4. The van der Waals surface area contributed by atoms with E-state index < -0.39 is 35.7 Å². The van der Waals surface area contributed by atoms with Crippen LogP contribution in [0.1, 0.15) is 18.1 Å². The van der Waals surface area contributed by atoms with E-state index in [-0.39, 0.29) is 12.8 Å². The summed E-state index contributed by atoms with van der Waals surface area (Å²) in [5.41, 5.74) is 1.24. The molecule has 0 aliphatic carbocycles. The molecular weight excluding hydrogens is 379 g/mol. The maximum atomic E-state index is 13.1. The Balaban J connectivity index is 2.16. The number of hydrogen-bond donors (Lipinski definition) is 3. The minimum atomic E-state index is -1.22. The molecule has 154 valence electrons. The number of nitrogens with one attached hydrogen (secondary N) is 2. The van der Waals surface area contributed by atoms with Crippen LogP contribution in [0.5, 0.6) is 5.75 Å². The van der Waals surface area contributed by atoms with E-state index in [4.69, 9.17) is 4.74 Å². The van der Waals surface area contributed by atoms with Gasteiger partial charge < -0.3 is 20.5 Å². The normalized spacial score (nSPS) is 12.5. The summed E-state index contributed by atoms with van der Waals surface area (Å²) in [5, 5.41) is 14.5. The van der Waals surface area contributed by atoms with Crippen LogP contribution in [0.3, 0.4) is 0 Å². The lowest BCUT2D eigenvalue weighted by Gasteiger charge is -2.21. The number of ether oxygens (including phenoxy) is 1. The van der Waals surface area contributed by atoms with Gasteiger partial charge in [0, 0.05) is 19.8 Å². The van der Waals surface area contributed by atoms with Gasteiger partial charge in [0.1, 0.15) is 23.7 Å². The van der Waals surface area contributed by atoms with E-state index in [1.54, 1.807) is 24.3 Å². The second-order valence-corrected chi connectivity index (χ2v) is 6.50. The smallest absolute Gasteiger partial charge is 0.326 e. The monoisotopic (exact) mass is 402 g/mol. The largest absolute Gasteiger partial charge is 0.496 e. The lowest BCUT2D eigenvalue weighted by atomic mass is 10.0. The molecule has 0 unspecified atom stereocenters. The Labute approximate surface area is 167 Å².